The zero-order valence-corrected chi connectivity index (χ0v) is 19.5. The molecule has 1 amide bonds. The van der Waals surface area contributed by atoms with Gasteiger partial charge in [-0.15, -0.1) is 0 Å². The lowest BCUT2D eigenvalue weighted by Crippen LogP contribution is -2.32. The van der Waals surface area contributed by atoms with Crippen LogP contribution in [-0.4, -0.2) is 39.0 Å². The van der Waals surface area contributed by atoms with Crippen LogP contribution in [0.5, 0.6) is 5.75 Å². The summed E-state index contributed by atoms with van der Waals surface area (Å²) in [7, 11) is -3.65. The minimum Gasteiger partial charge on any atom is -0.482 e. The Balaban J connectivity index is 1.52. The largest absolute Gasteiger partial charge is 0.482 e. The van der Waals surface area contributed by atoms with Crippen LogP contribution in [-0.2, 0) is 24.3 Å². The Hall–Kier alpha value is -3.70. The Morgan fingerprint density at radius 2 is 1.68 bits per heavy atom. The zero-order valence-electron chi connectivity index (χ0n) is 18.7. The standard InChI is InChI=1S/C23H24N2O8S/c1-14(2)25-34(29,30)19-9-6-17(7-10-19)24-23(28)15(3)32-22(27)13-31-18-8-4-16-5-11-21(26)33-20(16)12-18/h4-12,14-15,25H,13H2,1-3H3,(H,24,28). The number of fused-ring (bicyclic) bond motifs is 1. The number of sulfonamides is 1. The van der Waals surface area contributed by atoms with Crippen LogP contribution in [0.2, 0.25) is 0 Å². The van der Waals surface area contributed by atoms with Crippen LogP contribution in [0.25, 0.3) is 11.0 Å². The molecule has 0 saturated heterocycles. The molecule has 2 N–H and O–H groups in total. The van der Waals surface area contributed by atoms with E-state index in [4.69, 9.17) is 13.9 Å². The lowest BCUT2D eigenvalue weighted by atomic mass is 10.2. The average Bonchev–Trinajstić information content (AvgIpc) is 2.76. The highest BCUT2D eigenvalue weighted by atomic mass is 32.2. The fourth-order valence-corrected chi connectivity index (χ4v) is 4.15. The van der Waals surface area contributed by atoms with Crippen LogP contribution >= 0.6 is 0 Å². The summed E-state index contributed by atoms with van der Waals surface area (Å²) in [5.41, 5.74) is 0.141. The monoisotopic (exact) mass is 488 g/mol. The molecular formula is C23H24N2O8S. The molecule has 1 unspecified atom stereocenters. The summed E-state index contributed by atoms with van der Waals surface area (Å²) in [6.45, 7) is 4.35. The maximum atomic E-state index is 12.3. The number of ether oxygens (including phenoxy) is 2. The van der Waals surface area contributed by atoms with E-state index in [2.05, 4.69) is 10.0 Å². The molecule has 10 nitrogen and oxygen atoms in total. The van der Waals surface area contributed by atoms with E-state index in [9.17, 15) is 22.8 Å². The van der Waals surface area contributed by atoms with Gasteiger partial charge in [0, 0.05) is 29.2 Å². The summed E-state index contributed by atoms with van der Waals surface area (Å²) >= 11 is 0. The minimum absolute atomic E-state index is 0.0591. The van der Waals surface area contributed by atoms with Gasteiger partial charge < -0.3 is 19.2 Å². The molecule has 2 aromatic carbocycles. The van der Waals surface area contributed by atoms with Gasteiger partial charge in [-0.3, -0.25) is 4.79 Å². The molecule has 0 aliphatic rings. The molecule has 1 aromatic heterocycles. The van der Waals surface area contributed by atoms with Crippen molar-refractivity contribution in [2.24, 2.45) is 0 Å². The quantitative estimate of drug-likeness (QED) is 0.346. The number of rotatable bonds is 9. The number of hydrogen-bond acceptors (Lipinski definition) is 8. The summed E-state index contributed by atoms with van der Waals surface area (Å²) in [4.78, 5) is 35.8. The molecule has 0 saturated carbocycles. The van der Waals surface area contributed by atoms with Gasteiger partial charge in [0.1, 0.15) is 11.3 Å². The second-order valence-corrected chi connectivity index (χ2v) is 9.38. The van der Waals surface area contributed by atoms with Crippen molar-refractivity contribution in [2.45, 2.75) is 37.8 Å². The van der Waals surface area contributed by atoms with Crippen LogP contribution in [0.1, 0.15) is 20.8 Å². The van der Waals surface area contributed by atoms with E-state index in [-0.39, 0.29) is 16.7 Å². The van der Waals surface area contributed by atoms with Gasteiger partial charge >= 0.3 is 11.6 Å². The molecule has 1 heterocycles. The lowest BCUT2D eigenvalue weighted by Gasteiger charge is -2.14. The number of carbonyl (C=O) groups is 2. The minimum atomic E-state index is -3.65. The molecule has 0 radical (unpaired) electrons. The van der Waals surface area contributed by atoms with Gasteiger partial charge in [0.25, 0.3) is 5.91 Å². The first-order chi connectivity index (χ1) is 16.0. The first-order valence-electron chi connectivity index (χ1n) is 10.3. The van der Waals surface area contributed by atoms with Gasteiger partial charge in [-0.25, -0.2) is 22.7 Å². The van der Waals surface area contributed by atoms with Crippen molar-refractivity contribution in [3.8, 4) is 5.75 Å². The van der Waals surface area contributed by atoms with E-state index in [0.717, 1.165) is 0 Å². The van der Waals surface area contributed by atoms with Crippen molar-refractivity contribution in [3.63, 3.8) is 0 Å². The van der Waals surface area contributed by atoms with E-state index < -0.39 is 40.2 Å². The summed E-state index contributed by atoms with van der Waals surface area (Å²) in [5, 5.41) is 3.25. The lowest BCUT2D eigenvalue weighted by molar-refractivity contribution is -0.155. The Kier molecular flexibility index (Phi) is 7.69. The summed E-state index contributed by atoms with van der Waals surface area (Å²) in [6, 6.07) is 13.0. The summed E-state index contributed by atoms with van der Waals surface area (Å²) in [5.74, 6) is -1.09. The molecule has 0 bridgehead atoms. The van der Waals surface area contributed by atoms with Crippen molar-refractivity contribution in [1.82, 2.24) is 4.72 Å². The van der Waals surface area contributed by atoms with Crippen molar-refractivity contribution in [1.29, 1.82) is 0 Å². The molecule has 0 spiro atoms. The topological polar surface area (TPSA) is 141 Å². The van der Waals surface area contributed by atoms with E-state index in [0.29, 0.717) is 16.7 Å². The second-order valence-electron chi connectivity index (χ2n) is 7.66. The van der Waals surface area contributed by atoms with Gasteiger partial charge in [-0.2, -0.15) is 0 Å². The van der Waals surface area contributed by atoms with E-state index in [1.807, 2.05) is 0 Å². The molecule has 0 fully saturated rings. The summed E-state index contributed by atoms with van der Waals surface area (Å²) < 4.78 is 42.3. The zero-order chi connectivity index (χ0) is 24.9. The summed E-state index contributed by atoms with van der Waals surface area (Å²) in [6.07, 6.45) is -1.13. The average molecular weight is 489 g/mol. The highest BCUT2D eigenvalue weighted by molar-refractivity contribution is 7.89. The Morgan fingerprint density at radius 3 is 2.35 bits per heavy atom. The molecule has 180 valence electrons. The smallest absolute Gasteiger partial charge is 0.344 e. The number of carbonyl (C=O) groups excluding carboxylic acids is 2. The number of nitrogens with one attached hydrogen (secondary N) is 2. The van der Waals surface area contributed by atoms with Crippen LogP contribution in [0.3, 0.4) is 0 Å². The molecular weight excluding hydrogens is 464 g/mol. The number of esters is 1. The van der Waals surface area contributed by atoms with Crippen LogP contribution in [0.4, 0.5) is 5.69 Å². The van der Waals surface area contributed by atoms with E-state index >= 15 is 0 Å². The Bertz CT molecular complexity index is 1350. The van der Waals surface area contributed by atoms with Crippen LogP contribution in [0.15, 0.2) is 68.7 Å². The van der Waals surface area contributed by atoms with Gasteiger partial charge in [-0.05, 0) is 63.2 Å². The fraction of sp³-hybridized carbons (Fsp3) is 0.261. The molecule has 3 rings (SSSR count). The van der Waals surface area contributed by atoms with Crippen molar-refractivity contribution >= 4 is 38.6 Å². The molecule has 0 aliphatic heterocycles. The van der Waals surface area contributed by atoms with Crippen molar-refractivity contribution in [3.05, 3.63) is 65.0 Å². The first-order valence-corrected chi connectivity index (χ1v) is 11.8. The third-order valence-corrected chi connectivity index (χ3v) is 6.13. The van der Waals surface area contributed by atoms with E-state index in [1.54, 1.807) is 32.0 Å². The molecule has 0 aliphatic carbocycles. The normalized spacial score (nSPS) is 12.4. The number of anilines is 1. The molecule has 1 atom stereocenters. The Labute approximate surface area is 195 Å². The van der Waals surface area contributed by atoms with Gasteiger partial charge in [0.15, 0.2) is 12.7 Å². The predicted octanol–water partition coefficient (Wildman–Crippen LogP) is 2.43. The maximum Gasteiger partial charge on any atom is 0.344 e. The fourth-order valence-electron chi connectivity index (χ4n) is 2.90. The van der Waals surface area contributed by atoms with Crippen LogP contribution in [0, 0.1) is 0 Å². The highest BCUT2D eigenvalue weighted by Gasteiger charge is 2.19. The first kappa shape index (κ1) is 24.9. The third-order valence-electron chi connectivity index (χ3n) is 4.45. The van der Waals surface area contributed by atoms with Crippen LogP contribution < -0.4 is 20.4 Å². The molecule has 3 aromatic rings. The SMILES string of the molecule is CC(C)NS(=O)(=O)c1ccc(NC(=O)C(C)OC(=O)COc2ccc3ccc(=O)oc3c2)cc1. The number of amides is 1. The number of hydrogen-bond donors (Lipinski definition) is 2. The van der Waals surface area contributed by atoms with Crippen molar-refractivity contribution in [2.75, 3.05) is 11.9 Å². The predicted molar refractivity (Wildman–Crippen MR) is 124 cm³/mol. The van der Waals surface area contributed by atoms with Crippen molar-refractivity contribution < 1.29 is 31.9 Å². The van der Waals surface area contributed by atoms with E-state index in [1.165, 1.54) is 43.3 Å². The van der Waals surface area contributed by atoms with Gasteiger partial charge in [0.2, 0.25) is 10.0 Å². The molecule has 11 heteroatoms. The maximum absolute atomic E-state index is 12.3. The van der Waals surface area contributed by atoms with Gasteiger partial charge in [-0.1, -0.05) is 0 Å². The second kappa shape index (κ2) is 10.5. The Morgan fingerprint density at radius 1 is 1.00 bits per heavy atom. The van der Waals surface area contributed by atoms with Gasteiger partial charge in [0.05, 0.1) is 4.90 Å². The number of benzene rings is 2. The third kappa shape index (κ3) is 6.65. The molecule has 34 heavy (non-hydrogen) atoms. The highest BCUT2D eigenvalue weighted by Crippen LogP contribution is 2.19.